The molecule has 0 aliphatic carbocycles. The first kappa shape index (κ1) is 7.16. The lowest BCUT2D eigenvalue weighted by atomic mass is 10.4. The summed E-state index contributed by atoms with van der Waals surface area (Å²) >= 11 is 1.80. The van der Waals surface area contributed by atoms with Gasteiger partial charge in [-0.25, -0.2) is 3.53 Å². The third kappa shape index (κ3) is 2.81. The summed E-state index contributed by atoms with van der Waals surface area (Å²) < 4.78 is 2.53. The highest BCUT2D eigenvalue weighted by Gasteiger charge is 2.05. The van der Waals surface area contributed by atoms with Gasteiger partial charge in [0.25, 0.3) is 0 Å². The molecule has 3 nitrogen and oxygen atoms in total. The zero-order valence-corrected chi connectivity index (χ0v) is 5.97. The zero-order valence-electron chi connectivity index (χ0n) is 3.81. The average Bonchev–Trinajstić information content (AvgIpc) is 1.65. The molecule has 2 N–H and O–H groups in total. The fourth-order valence-corrected chi connectivity index (χ4v) is 0.313. The number of hydrogen-bond acceptors (Lipinski definition) is 2. The molecule has 0 aliphatic rings. The van der Waals surface area contributed by atoms with Crippen molar-refractivity contribution in [1.29, 1.82) is 0 Å². The number of carboxylic acid groups (broad SMARTS) is 1. The van der Waals surface area contributed by atoms with Gasteiger partial charge in [0.15, 0.2) is 0 Å². The average molecular weight is 215 g/mol. The van der Waals surface area contributed by atoms with E-state index < -0.39 is 12.0 Å². The van der Waals surface area contributed by atoms with Gasteiger partial charge in [-0.05, 0) is 6.92 Å². The van der Waals surface area contributed by atoms with Crippen molar-refractivity contribution in [3.8, 4) is 0 Å². The highest BCUT2D eigenvalue weighted by molar-refractivity contribution is 14.1. The van der Waals surface area contributed by atoms with Crippen LogP contribution in [-0.4, -0.2) is 17.1 Å². The van der Waals surface area contributed by atoms with E-state index in [1.807, 2.05) is 0 Å². The summed E-state index contributed by atoms with van der Waals surface area (Å²) in [5.41, 5.74) is 0. The van der Waals surface area contributed by atoms with E-state index in [0.717, 1.165) is 0 Å². The monoisotopic (exact) mass is 215 g/mol. The number of nitrogens with one attached hydrogen (secondary N) is 1. The van der Waals surface area contributed by atoms with E-state index in [1.165, 1.54) is 0 Å². The molecular formula is C3H6INO2. The Morgan fingerprint density at radius 3 is 2.43 bits per heavy atom. The highest BCUT2D eigenvalue weighted by Crippen LogP contribution is 1.82. The van der Waals surface area contributed by atoms with Crippen LogP contribution in [0, 0.1) is 0 Å². The van der Waals surface area contributed by atoms with Crippen LogP contribution in [-0.2, 0) is 4.79 Å². The minimum atomic E-state index is -0.825. The number of carbonyl (C=O) groups is 1. The predicted molar refractivity (Wildman–Crippen MR) is 34.3 cm³/mol. The van der Waals surface area contributed by atoms with E-state index in [2.05, 4.69) is 3.53 Å². The van der Waals surface area contributed by atoms with Crippen LogP contribution in [0.4, 0.5) is 0 Å². The number of aliphatic carboxylic acids is 1. The SMILES string of the molecule is CC(NI)C(=O)O. The normalized spacial score (nSPS) is 13.4. The lowest BCUT2D eigenvalue weighted by Gasteiger charge is -1.97. The summed E-state index contributed by atoms with van der Waals surface area (Å²) in [4.78, 5) is 9.86. The molecule has 0 saturated heterocycles. The molecule has 0 radical (unpaired) electrons. The van der Waals surface area contributed by atoms with Crippen LogP contribution in [0.15, 0.2) is 0 Å². The summed E-state index contributed by atoms with van der Waals surface area (Å²) in [6.07, 6.45) is 0. The minimum Gasteiger partial charge on any atom is -0.480 e. The Balaban J connectivity index is 3.34. The maximum atomic E-state index is 9.86. The molecule has 0 aromatic rings. The molecule has 0 rings (SSSR count). The van der Waals surface area contributed by atoms with E-state index >= 15 is 0 Å². The second kappa shape index (κ2) is 3.20. The smallest absolute Gasteiger partial charge is 0.321 e. The summed E-state index contributed by atoms with van der Waals surface area (Å²) in [6, 6.07) is -0.444. The first-order chi connectivity index (χ1) is 3.18. The minimum absolute atomic E-state index is 0.444. The molecule has 1 atom stereocenters. The Bertz CT molecular complexity index is 75.3. The van der Waals surface area contributed by atoms with Crippen LogP contribution in [0.25, 0.3) is 0 Å². The summed E-state index contributed by atoms with van der Waals surface area (Å²) in [6.45, 7) is 1.58. The van der Waals surface area contributed by atoms with E-state index in [4.69, 9.17) is 5.11 Å². The zero-order chi connectivity index (χ0) is 5.86. The molecule has 0 fully saturated rings. The van der Waals surface area contributed by atoms with Gasteiger partial charge >= 0.3 is 5.97 Å². The Hall–Kier alpha value is 0.160. The van der Waals surface area contributed by atoms with Gasteiger partial charge in [0.1, 0.15) is 6.04 Å². The molecule has 0 spiro atoms. The van der Waals surface area contributed by atoms with Gasteiger partial charge < -0.3 is 5.11 Å². The Morgan fingerprint density at radius 2 is 2.43 bits per heavy atom. The van der Waals surface area contributed by atoms with Crippen molar-refractivity contribution in [3.05, 3.63) is 0 Å². The molecule has 1 unspecified atom stereocenters. The maximum Gasteiger partial charge on any atom is 0.321 e. The Kier molecular flexibility index (Phi) is 3.27. The van der Waals surface area contributed by atoms with Gasteiger partial charge in [0.2, 0.25) is 0 Å². The molecule has 7 heavy (non-hydrogen) atoms. The van der Waals surface area contributed by atoms with Crippen LogP contribution >= 0.6 is 22.9 Å². The molecule has 0 aromatic carbocycles. The van der Waals surface area contributed by atoms with Crippen LogP contribution in [0.3, 0.4) is 0 Å². The summed E-state index contributed by atoms with van der Waals surface area (Å²) in [5, 5.41) is 8.11. The molecular weight excluding hydrogens is 209 g/mol. The van der Waals surface area contributed by atoms with Crippen LogP contribution in [0.2, 0.25) is 0 Å². The molecule has 0 aromatic heterocycles. The van der Waals surface area contributed by atoms with Crippen LogP contribution in [0.5, 0.6) is 0 Å². The molecule has 42 valence electrons. The summed E-state index contributed by atoms with van der Waals surface area (Å²) in [7, 11) is 0. The molecule has 0 amide bonds. The maximum absolute atomic E-state index is 9.86. The van der Waals surface area contributed by atoms with E-state index in [9.17, 15) is 4.79 Å². The molecule has 0 aliphatic heterocycles. The number of halogens is 1. The van der Waals surface area contributed by atoms with Crippen molar-refractivity contribution < 1.29 is 9.90 Å². The van der Waals surface area contributed by atoms with Crippen LogP contribution in [0.1, 0.15) is 6.92 Å². The van der Waals surface area contributed by atoms with Gasteiger partial charge in [-0.2, -0.15) is 0 Å². The van der Waals surface area contributed by atoms with Gasteiger partial charge in [0, 0.05) is 22.9 Å². The first-order valence-corrected chi connectivity index (χ1v) is 2.85. The molecule has 0 saturated carbocycles. The van der Waals surface area contributed by atoms with E-state index in [0.29, 0.717) is 0 Å². The molecule has 0 heterocycles. The second-order valence-corrected chi connectivity index (χ2v) is 1.79. The lowest BCUT2D eigenvalue weighted by Crippen LogP contribution is -2.25. The highest BCUT2D eigenvalue weighted by atomic mass is 127. The number of hydrogen-bond donors (Lipinski definition) is 2. The quantitative estimate of drug-likeness (QED) is 0.517. The predicted octanol–water partition coefficient (Wildman–Crippen LogP) is 0.399. The topological polar surface area (TPSA) is 49.3 Å². The van der Waals surface area contributed by atoms with Crippen molar-refractivity contribution >= 4 is 28.8 Å². The molecule has 0 bridgehead atoms. The van der Waals surface area contributed by atoms with Gasteiger partial charge in [-0.3, -0.25) is 4.79 Å². The van der Waals surface area contributed by atoms with Crippen LogP contribution < -0.4 is 3.53 Å². The van der Waals surface area contributed by atoms with E-state index in [-0.39, 0.29) is 0 Å². The Labute approximate surface area is 55.6 Å². The van der Waals surface area contributed by atoms with Crippen molar-refractivity contribution in [2.24, 2.45) is 0 Å². The standard InChI is InChI=1S/C3H6INO2/c1-2(5-4)3(6)7/h2,5H,1H3,(H,6,7). The van der Waals surface area contributed by atoms with E-state index in [1.54, 1.807) is 29.8 Å². The van der Waals surface area contributed by atoms with Gasteiger partial charge in [-0.1, -0.05) is 0 Å². The third-order valence-corrected chi connectivity index (χ3v) is 1.47. The van der Waals surface area contributed by atoms with Crippen molar-refractivity contribution in [2.45, 2.75) is 13.0 Å². The first-order valence-electron chi connectivity index (χ1n) is 1.77. The second-order valence-electron chi connectivity index (χ2n) is 1.17. The fraction of sp³-hybridized carbons (Fsp3) is 0.667. The largest absolute Gasteiger partial charge is 0.480 e. The third-order valence-electron chi connectivity index (χ3n) is 0.534. The number of carboxylic acids is 1. The summed E-state index contributed by atoms with van der Waals surface area (Å²) in [5.74, 6) is -0.825. The van der Waals surface area contributed by atoms with Crippen molar-refractivity contribution in [2.75, 3.05) is 0 Å². The number of rotatable bonds is 2. The Morgan fingerprint density at radius 1 is 2.00 bits per heavy atom. The molecule has 4 heteroatoms. The van der Waals surface area contributed by atoms with Crippen molar-refractivity contribution in [1.82, 2.24) is 3.53 Å². The van der Waals surface area contributed by atoms with Gasteiger partial charge in [-0.15, -0.1) is 0 Å². The van der Waals surface area contributed by atoms with Gasteiger partial charge in [0.05, 0.1) is 0 Å². The lowest BCUT2D eigenvalue weighted by molar-refractivity contribution is -0.138. The van der Waals surface area contributed by atoms with Crippen molar-refractivity contribution in [3.63, 3.8) is 0 Å². The fourth-order valence-electron chi connectivity index (χ4n) is 0.0467.